The molecule has 1 aromatic carbocycles. The third-order valence-electron chi connectivity index (χ3n) is 2.73. The fraction of sp³-hybridized carbons (Fsp3) is 0.385. The Hall–Kier alpha value is -0.730. The van der Waals surface area contributed by atoms with Gasteiger partial charge in [-0.15, -0.1) is 6.58 Å². The van der Waals surface area contributed by atoms with E-state index in [1.807, 2.05) is 0 Å². The minimum atomic E-state index is -3.60. The molecule has 1 aromatic rings. The minimum Gasteiger partial charge on any atom is -0.383 e. The summed E-state index contributed by atoms with van der Waals surface area (Å²) in [4.78, 5) is 0.215. The van der Waals surface area contributed by atoms with Crippen LogP contribution in [0.2, 0.25) is 0 Å². The molecule has 0 aliphatic rings. The number of rotatable bonds is 8. The maximum Gasteiger partial charge on any atom is 0.244 e. The minimum absolute atomic E-state index is 0.215. The van der Waals surface area contributed by atoms with Crippen LogP contribution in [-0.2, 0) is 21.3 Å². The Morgan fingerprint density at radius 1 is 1.50 bits per heavy atom. The van der Waals surface area contributed by atoms with E-state index in [1.165, 1.54) is 11.4 Å². The zero-order valence-electron chi connectivity index (χ0n) is 11.4. The lowest BCUT2D eigenvalue weighted by Gasteiger charge is -2.21. The molecule has 7 heteroatoms. The summed E-state index contributed by atoms with van der Waals surface area (Å²) >= 11 is 3.29. The van der Waals surface area contributed by atoms with E-state index in [-0.39, 0.29) is 18.0 Å². The van der Waals surface area contributed by atoms with E-state index in [9.17, 15) is 8.42 Å². The molecule has 2 N–H and O–H groups in total. The van der Waals surface area contributed by atoms with Gasteiger partial charge < -0.3 is 10.5 Å². The number of benzene rings is 1. The highest BCUT2D eigenvalue weighted by molar-refractivity contribution is 9.10. The van der Waals surface area contributed by atoms with Gasteiger partial charge in [0.05, 0.1) is 11.5 Å². The Morgan fingerprint density at radius 3 is 2.70 bits per heavy atom. The van der Waals surface area contributed by atoms with Crippen LogP contribution in [0.5, 0.6) is 0 Å². The van der Waals surface area contributed by atoms with Crippen molar-refractivity contribution >= 4 is 26.0 Å². The van der Waals surface area contributed by atoms with Crippen LogP contribution in [0.4, 0.5) is 0 Å². The molecule has 0 unspecified atom stereocenters. The lowest BCUT2D eigenvalue weighted by atomic mass is 10.2. The van der Waals surface area contributed by atoms with E-state index in [0.717, 1.165) is 5.56 Å². The molecule has 1 rings (SSSR count). The zero-order chi connectivity index (χ0) is 15.2. The van der Waals surface area contributed by atoms with Crippen LogP contribution < -0.4 is 5.73 Å². The highest BCUT2D eigenvalue weighted by Crippen LogP contribution is 2.26. The Balaban J connectivity index is 3.15. The number of nitrogens with two attached hydrogens (primary N) is 1. The first-order valence-corrected chi connectivity index (χ1v) is 8.29. The van der Waals surface area contributed by atoms with Crippen LogP contribution in [0, 0.1) is 0 Å². The maximum atomic E-state index is 12.6. The lowest BCUT2D eigenvalue weighted by molar-refractivity contribution is 0.182. The fourth-order valence-corrected chi connectivity index (χ4v) is 4.15. The third-order valence-corrected chi connectivity index (χ3v) is 5.57. The molecule has 0 heterocycles. The zero-order valence-corrected chi connectivity index (χ0v) is 13.8. The second-order valence-corrected chi connectivity index (χ2v) is 6.87. The van der Waals surface area contributed by atoms with Crippen molar-refractivity contribution < 1.29 is 13.2 Å². The molecule has 0 bridgehead atoms. The smallest absolute Gasteiger partial charge is 0.244 e. The molecule has 0 aromatic heterocycles. The standard InChI is InChI=1S/C13H19BrN2O3S/c1-3-6-16(7-8-19-2)20(17,18)13-5-4-11(10-15)9-12(13)14/h3-5,9H,1,6-8,10,15H2,2H3. The fourth-order valence-electron chi connectivity index (χ4n) is 1.67. The van der Waals surface area contributed by atoms with Crippen molar-refractivity contribution in [1.82, 2.24) is 4.31 Å². The van der Waals surface area contributed by atoms with Crippen molar-refractivity contribution in [2.24, 2.45) is 5.73 Å². The normalized spacial score (nSPS) is 11.8. The van der Waals surface area contributed by atoms with Crippen LogP contribution in [0.25, 0.3) is 0 Å². The number of methoxy groups -OCH3 is 1. The van der Waals surface area contributed by atoms with E-state index < -0.39 is 10.0 Å². The van der Waals surface area contributed by atoms with Gasteiger partial charge in [0, 0.05) is 31.2 Å². The molecular formula is C13H19BrN2O3S. The predicted octanol–water partition coefficient (Wildman–Crippen LogP) is 1.73. The van der Waals surface area contributed by atoms with Gasteiger partial charge in [-0.05, 0) is 33.6 Å². The van der Waals surface area contributed by atoms with Crippen molar-refractivity contribution in [1.29, 1.82) is 0 Å². The number of nitrogens with zero attached hydrogens (tertiary/aromatic N) is 1. The molecule has 0 aliphatic carbocycles. The third kappa shape index (κ3) is 4.13. The van der Waals surface area contributed by atoms with Crippen molar-refractivity contribution in [3.8, 4) is 0 Å². The largest absolute Gasteiger partial charge is 0.383 e. The molecule has 0 saturated carbocycles. The molecular weight excluding hydrogens is 344 g/mol. The van der Waals surface area contributed by atoms with Crippen LogP contribution in [0.15, 0.2) is 40.2 Å². The monoisotopic (exact) mass is 362 g/mol. The number of hydrogen-bond acceptors (Lipinski definition) is 4. The Morgan fingerprint density at radius 2 is 2.20 bits per heavy atom. The molecule has 0 saturated heterocycles. The summed E-state index contributed by atoms with van der Waals surface area (Å²) in [5, 5.41) is 0. The van der Waals surface area contributed by atoms with E-state index in [4.69, 9.17) is 10.5 Å². The van der Waals surface area contributed by atoms with E-state index in [1.54, 1.807) is 24.3 Å². The first-order chi connectivity index (χ1) is 9.47. The van der Waals surface area contributed by atoms with Gasteiger partial charge in [-0.1, -0.05) is 12.1 Å². The van der Waals surface area contributed by atoms with Crippen LogP contribution in [0.1, 0.15) is 5.56 Å². The Bertz CT molecular complexity index is 561. The van der Waals surface area contributed by atoms with Crippen LogP contribution in [0.3, 0.4) is 0 Å². The first kappa shape index (κ1) is 17.3. The van der Waals surface area contributed by atoms with Gasteiger partial charge in [0.25, 0.3) is 0 Å². The average Bonchev–Trinajstić information content (AvgIpc) is 2.42. The summed E-state index contributed by atoms with van der Waals surface area (Å²) in [6, 6.07) is 4.99. The van der Waals surface area contributed by atoms with E-state index >= 15 is 0 Å². The summed E-state index contributed by atoms with van der Waals surface area (Å²) < 4.78 is 32.0. The molecule has 0 atom stereocenters. The number of hydrogen-bond donors (Lipinski definition) is 1. The molecule has 112 valence electrons. The molecule has 0 radical (unpaired) electrons. The van der Waals surface area contributed by atoms with Gasteiger partial charge in [0.15, 0.2) is 0 Å². The van der Waals surface area contributed by atoms with Gasteiger partial charge in [0.1, 0.15) is 0 Å². The summed E-state index contributed by atoms with van der Waals surface area (Å²) in [6.45, 7) is 4.78. The van der Waals surface area contributed by atoms with E-state index in [0.29, 0.717) is 17.6 Å². The van der Waals surface area contributed by atoms with Gasteiger partial charge in [-0.2, -0.15) is 4.31 Å². The SMILES string of the molecule is C=CCN(CCOC)S(=O)(=O)c1ccc(CN)cc1Br. The van der Waals surface area contributed by atoms with Gasteiger partial charge in [0.2, 0.25) is 10.0 Å². The lowest BCUT2D eigenvalue weighted by Crippen LogP contribution is -2.34. The highest BCUT2D eigenvalue weighted by Gasteiger charge is 2.25. The van der Waals surface area contributed by atoms with Gasteiger partial charge >= 0.3 is 0 Å². The van der Waals surface area contributed by atoms with Gasteiger partial charge in [-0.3, -0.25) is 0 Å². The van der Waals surface area contributed by atoms with Crippen molar-refractivity contribution in [2.45, 2.75) is 11.4 Å². The quantitative estimate of drug-likeness (QED) is 0.714. The van der Waals surface area contributed by atoms with Gasteiger partial charge in [-0.25, -0.2) is 8.42 Å². The van der Waals surface area contributed by atoms with Crippen LogP contribution in [-0.4, -0.2) is 39.5 Å². The summed E-state index contributed by atoms with van der Waals surface area (Å²) in [7, 11) is -2.06. The predicted molar refractivity (Wildman–Crippen MR) is 82.9 cm³/mol. The van der Waals surface area contributed by atoms with Crippen molar-refractivity contribution in [3.05, 3.63) is 40.9 Å². The second-order valence-electron chi connectivity index (χ2n) is 4.11. The summed E-state index contributed by atoms with van der Waals surface area (Å²) in [5.41, 5.74) is 6.40. The molecule has 5 nitrogen and oxygen atoms in total. The van der Waals surface area contributed by atoms with Crippen molar-refractivity contribution in [2.75, 3.05) is 26.8 Å². The van der Waals surface area contributed by atoms with Crippen LogP contribution >= 0.6 is 15.9 Å². The Kier molecular flexibility index (Phi) is 6.84. The molecule has 0 spiro atoms. The summed E-state index contributed by atoms with van der Waals surface area (Å²) in [6.07, 6.45) is 1.55. The average molecular weight is 363 g/mol. The molecule has 20 heavy (non-hydrogen) atoms. The molecule has 0 fully saturated rings. The molecule has 0 amide bonds. The number of halogens is 1. The topological polar surface area (TPSA) is 72.6 Å². The number of sulfonamides is 1. The first-order valence-electron chi connectivity index (χ1n) is 6.05. The Labute approximate surface area is 128 Å². The second kappa shape index (κ2) is 7.90. The maximum absolute atomic E-state index is 12.6. The van der Waals surface area contributed by atoms with Crippen molar-refractivity contribution in [3.63, 3.8) is 0 Å². The van der Waals surface area contributed by atoms with E-state index in [2.05, 4.69) is 22.5 Å². The number of ether oxygens (including phenoxy) is 1. The summed E-state index contributed by atoms with van der Waals surface area (Å²) in [5.74, 6) is 0. The highest BCUT2D eigenvalue weighted by atomic mass is 79.9. The molecule has 0 aliphatic heterocycles.